The molecule has 0 bridgehead atoms. The van der Waals surface area contributed by atoms with Crippen LogP contribution in [-0.2, 0) is 32.3 Å². The number of amides is 2. The van der Waals surface area contributed by atoms with Crippen LogP contribution in [0.3, 0.4) is 0 Å². The van der Waals surface area contributed by atoms with Crippen molar-refractivity contribution in [2.45, 2.75) is 32.6 Å². The van der Waals surface area contributed by atoms with Gasteiger partial charge in [0.05, 0.1) is 22.5 Å². The molecule has 0 radical (unpaired) electrons. The SMILES string of the molecule is CCNC(=O)C(C)N(Cc1cccc(Br)c1)C(=O)CN(c1ccc(Cl)c(C(F)(F)F)c1)S(C)(=O)=O. The van der Waals surface area contributed by atoms with E-state index in [1.807, 2.05) is 0 Å². The lowest BCUT2D eigenvalue weighted by Gasteiger charge is -2.31. The first-order valence-electron chi connectivity index (χ1n) is 10.3. The van der Waals surface area contributed by atoms with E-state index in [0.29, 0.717) is 22.5 Å². The number of alkyl halides is 3. The van der Waals surface area contributed by atoms with Crippen molar-refractivity contribution < 1.29 is 31.2 Å². The molecular formula is C22H24BrClF3N3O4S. The molecule has 0 aliphatic carbocycles. The minimum absolute atomic E-state index is 0.0391. The van der Waals surface area contributed by atoms with Gasteiger partial charge in [0.25, 0.3) is 0 Å². The molecule has 0 spiro atoms. The van der Waals surface area contributed by atoms with E-state index in [0.717, 1.165) is 22.9 Å². The summed E-state index contributed by atoms with van der Waals surface area (Å²) in [7, 11) is -4.19. The van der Waals surface area contributed by atoms with Crippen LogP contribution in [-0.4, -0.2) is 50.5 Å². The topological polar surface area (TPSA) is 86.8 Å². The van der Waals surface area contributed by atoms with Gasteiger partial charge in [0.15, 0.2) is 0 Å². The van der Waals surface area contributed by atoms with Crippen LogP contribution in [0.2, 0.25) is 5.02 Å². The first-order chi connectivity index (χ1) is 16.1. The molecule has 0 aliphatic heterocycles. The number of anilines is 1. The summed E-state index contributed by atoms with van der Waals surface area (Å²) in [6.07, 6.45) is -4.06. The number of carbonyl (C=O) groups excluding carboxylic acids is 2. The quantitative estimate of drug-likeness (QED) is 0.463. The van der Waals surface area contributed by atoms with E-state index in [4.69, 9.17) is 11.6 Å². The summed E-state index contributed by atoms with van der Waals surface area (Å²) in [6.45, 7) is 2.63. The van der Waals surface area contributed by atoms with Gasteiger partial charge in [-0.05, 0) is 49.7 Å². The number of rotatable bonds is 9. The van der Waals surface area contributed by atoms with Crippen LogP contribution in [0.25, 0.3) is 0 Å². The lowest BCUT2D eigenvalue weighted by molar-refractivity contribution is -0.139. The fraction of sp³-hybridized carbons (Fsp3) is 0.364. The lowest BCUT2D eigenvalue weighted by Crippen LogP contribution is -2.51. The fourth-order valence-corrected chi connectivity index (χ4v) is 4.75. The Balaban J connectivity index is 2.47. The van der Waals surface area contributed by atoms with Crippen molar-refractivity contribution in [3.05, 3.63) is 63.1 Å². The normalized spacial score (nSPS) is 12.7. The Bertz CT molecular complexity index is 1190. The molecule has 0 fully saturated rings. The van der Waals surface area contributed by atoms with E-state index in [2.05, 4.69) is 21.2 Å². The van der Waals surface area contributed by atoms with E-state index >= 15 is 0 Å². The molecule has 0 aliphatic rings. The molecule has 7 nitrogen and oxygen atoms in total. The molecule has 0 heterocycles. The number of nitrogens with one attached hydrogen (secondary N) is 1. The van der Waals surface area contributed by atoms with Crippen molar-refractivity contribution in [2.75, 3.05) is 23.7 Å². The summed E-state index contributed by atoms with van der Waals surface area (Å²) in [5.74, 6) is -1.25. The van der Waals surface area contributed by atoms with Crippen LogP contribution in [0.4, 0.5) is 18.9 Å². The zero-order valence-electron chi connectivity index (χ0n) is 19.1. The third-order valence-electron chi connectivity index (χ3n) is 4.98. The maximum atomic E-state index is 13.3. The van der Waals surface area contributed by atoms with Crippen molar-refractivity contribution in [2.24, 2.45) is 0 Å². The summed E-state index contributed by atoms with van der Waals surface area (Å²) in [5.41, 5.74) is -0.967. The van der Waals surface area contributed by atoms with E-state index in [1.165, 1.54) is 11.8 Å². The molecule has 2 aromatic carbocycles. The molecule has 0 aromatic heterocycles. The number of carbonyl (C=O) groups is 2. The highest BCUT2D eigenvalue weighted by Crippen LogP contribution is 2.37. The Hall–Kier alpha value is -2.31. The Morgan fingerprint density at radius 1 is 1.17 bits per heavy atom. The molecule has 2 rings (SSSR count). The van der Waals surface area contributed by atoms with Gasteiger partial charge in [-0.1, -0.05) is 39.7 Å². The van der Waals surface area contributed by atoms with E-state index in [9.17, 15) is 31.2 Å². The highest BCUT2D eigenvalue weighted by Gasteiger charge is 2.35. The van der Waals surface area contributed by atoms with Crippen LogP contribution in [0.5, 0.6) is 0 Å². The maximum absolute atomic E-state index is 13.3. The van der Waals surface area contributed by atoms with Gasteiger partial charge in [0.1, 0.15) is 12.6 Å². The van der Waals surface area contributed by atoms with Gasteiger partial charge in [0, 0.05) is 17.6 Å². The number of benzene rings is 2. The van der Waals surface area contributed by atoms with Gasteiger partial charge in [0.2, 0.25) is 21.8 Å². The number of hydrogen-bond acceptors (Lipinski definition) is 4. The van der Waals surface area contributed by atoms with E-state index in [-0.39, 0.29) is 12.2 Å². The average Bonchev–Trinajstić information content (AvgIpc) is 2.74. The van der Waals surface area contributed by atoms with E-state index in [1.54, 1.807) is 31.2 Å². The van der Waals surface area contributed by atoms with Crippen LogP contribution in [0, 0.1) is 0 Å². The first-order valence-corrected chi connectivity index (χ1v) is 13.3. The summed E-state index contributed by atoms with van der Waals surface area (Å²) < 4.78 is 66.3. The summed E-state index contributed by atoms with van der Waals surface area (Å²) in [6, 6.07) is 8.53. The smallest absolute Gasteiger partial charge is 0.355 e. The molecule has 1 unspecified atom stereocenters. The van der Waals surface area contributed by atoms with Gasteiger partial charge in [-0.15, -0.1) is 0 Å². The number of likely N-dealkylation sites (N-methyl/N-ethyl adjacent to an activating group) is 1. The Labute approximate surface area is 215 Å². The minimum atomic E-state index is -4.83. The van der Waals surface area contributed by atoms with Gasteiger partial charge in [-0.2, -0.15) is 13.2 Å². The highest BCUT2D eigenvalue weighted by molar-refractivity contribution is 9.10. The molecule has 35 heavy (non-hydrogen) atoms. The van der Waals surface area contributed by atoms with Crippen molar-refractivity contribution >= 4 is 55.1 Å². The fourth-order valence-electron chi connectivity index (χ4n) is 3.24. The second kappa shape index (κ2) is 11.6. The molecule has 2 amide bonds. The third-order valence-corrected chi connectivity index (χ3v) is 6.95. The zero-order chi connectivity index (χ0) is 26.6. The highest BCUT2D eigenvalue weighted by atomic mass is 79.9. The Morgan fingerprint density at radius 3 is 2.37 bits per heavy atom. The molecule has 13 heteroatoms. The average molecular weight is 599 g/mol. The molecule has 192 valence electrons. The second-order valence-electron chi connectivity index (χ2n) is 7.65. The minimum Gasteiger partial charge on any atom is -0.355 e. The van der Waals surface area contributed by atoms with Crippen molar-refractivity contribution in [1.82, 2.24) is 10.2 Å². The monoisotopic (exact) mass is 597 g/mol. The van der Waals surface area contributed by atoms with Crippen LogP contribution >= 0.6 is 27.5 Å². The van der Waals surface area contributed by atoms with E-state index < -0.39 is 51.2 Å². The van der Waals surface area contributed by atoms with Gasteiger partial charge in [-0.3, -0.25) is 13.9 Å². The van der Waals surface area contributed by atoms with Crippen LogP contribution in [0.15, 0.2) is 46.9 Å². The predicted octanol–water partition coefficient (Wildman–Crippen LogP) is 4.44. The standard InChI is InChI=1S/C22H24BrClF3N3O4S/c1-4-28-21(32)14(2)29(12-15-6-5-7-16(23)10-15)20(31)13-30(35(3,33)34)17-8-9-19(24)18(11-17)22(25,26)27/h5-11,14H,4,12-13H2,1-3H3,(H,28,32). The molecule has 1 N–H and O–H groups in total. The Kier molecular flexibility index (Phi) is 9.60. The summed E-state index contributed by atoms with van der Waals surface area (Å²) >= 11 is 8.99. The second-order valence-corrected chi connectivity index (χ2v) is 10.9. The van der Waals surface area contributed by atoms with Crippen molar-refractivity contribution in [3.8, 4) is 0 Å². The zero-order valence-corrected chi connectivity index (χ0v) is 22.2. The molecule has 0 saturated heterocycles. The number of hydrogen-bond donors (Lipinski definition) is 1. The number of nitrogens with zero attached hydrogens (tertiary/aromatic N) is 2. The van der Waals surface area contributed by atoms with Crippen LogP contribution < -0.4 is 9.62 Å². The predicted molar refractivity (Wildman–Crippen MR) is 131 cm³/mol. The molecular weight excluding hydrogens is 575 g/mol. The maximum Gasteiger partial charge on any atom is 0.417 e. The molecule has 2 aromatic rings. The number of sulfonamides is 1. The van der Waals surface area contributed by atoms with Gasteiger partial charge in [-0.25, -0.2) is 8.42 Å². The largest absolute Gasteiger partial charge is 0.417 e. The van der Waals surface area contributed by atoms with Gasteiger partial charge >= 0.3 is 6.18 Å². The molecule has 0 saturated carbocycles. The van der Waals surface area contributed by atoms with Gasteiger partial charge < -0.3 is 10.2 Å². The first kappa shape index (κ1) is 28.9. The number of halogens is 5. The summed E-state index contributed by atoms with van der Waals surface area (Å²) in [4.78, 5) is 27.0. The third kappa shape index (κ3) is 7.84. The van der Waals surface area contributed by atoms with Crippen LogP contribution in [0.1, 0.15) is 25.0 Å². The van der Waals surface area contributed by atoms with Crippen molar-refractivity contribution in [3.63, 3.8) is 0 Å². The Morgan fingerprint density at radius 2 is 1.83 bits per heavy atom. The summed E-state index contributed by atoms with van der Waals surface area (Å²) in [5, 5.41) is 2.00. The lowest BCUT2D eigenvalue weighted by atomic mass is 10.1. The van der Waals surface area contributed by atoms with Crippen molar-refractivity contribution in [1.29, 1.82) is 0 Å². The molecule has 1 atom stereocenters.